The highest BCUT2D eigenvalue weighted by atomic mass is 14.3. The largest absolute Gasteiger partial charge is 0.192 e. The fourth-order valence-electron chi connectivity index (χ4n) is 9.92. The van der Waals surface area contributed by atoms with Crippen molar-refractivity contribution in [3.63, 3.8) is 0 Å². The zero-order valence-electron chi connectivity index (χ0n) is 32.4. The number of nitriles is 2. The van der Waals surface area contributed by atoms with E-state index in [0.717, 1.165) is 33.0 Å². The van der Waals surface area contributed by atoms with Crippen LogP contribution in [0.1, 0.15) is 11.1 Å². The quantitative estimate of drug-likeness (QED) is 0.168. The van der Waals surface area contributed by atoms with Crippen LogP contribution in [0.15, 0.2) is 194 Å². The number of hydrogen-bond donors (Lipinski definition) is 0. The summed E-state index contributed by atoms with van der Waals surface area (Å²) in [5.41, 5.74) is 10.3. The van der Waals surface area contributed by atoms with Gasteiger partial charge in [-0.05, 0) is 168 Å². The summed E-state index contributed by atoms with van der Waals surface area (Å²) >= 11 is 0. The minimum atomic E-state index is 0.636. The number of nitrogens with zero attached hydrogens (tertiary/aromatic N) is 2. The van der Waals surface area contributed by atoms with Crippen molar-refractivity contribution in [2.45, 2.75) is 0 Å². The molecule has 0 bridgehead atoms. The summed E-state index contributed by atoms with van der Waals surface area (Å²) in [5, 5.41) is 36.4. The number of benzene rings is 12. The molecule has 274 valence electrons. The van der Waals surface area contributed by atoms with E-state index in [4.69, 9.17) is 0 Å². The highest BCUT2D eigenvalue weighted by molar-refractivity contribution is 6.33. The molecule has 60 heavy (non-hydrogen) atoms. The molecule has 0 spiro atoms. The Morgan fingerprint density at radius 1 is 0.250 bits per heavy atom. The summed E-state index contributed by atoms with van der Waals surface area (Å²) in [6.07, 6.45) is 0. The van der Waals surface area contributed by atoms with Crippen molar-refractivity contribution >= 4 is 75.4 Å². The van der Waals surface area contributed by atoms with Gasteiger partial charge in [0, 0.05) is 0 Å². The second-order valence-corrected chi connectivity index (χ2v) is 15.8. The lowest BCUT2D eigenvalue weighted by Gasteiger charge is -2.23. The third kappa shape index (κ3) is 4.99. The van der Waals surface area contributed by atoms with Gasteiger partial charge < -0.3 is 0 Å². The average Bonchev–Trinajstić information content (AvgIpc) is 3.32. The summed E-state index contributed by atoms with van der Waals surface area (Å²) in [5.74, 6) is 0. The Kier molecular flexibility index (Phi) is 7.39. The highest BCUT2D eigenvalue weighted by Gasteiger charge is 2.23. The van der Waals surface area contributed by atoms with Crippen LogP contribution in [0.25, 0.3) is 120 Å². The Bertz CT molecular complexity index is 3570. The molecule has 0 aliphatic heterocycles. The monoisotopic (exact) mass is 756 g/mol. The van der Waals surface area contributed by atoms with Gasteiger partial charge in [-0.2, -0.15) is 10.5 Å². The van der Waals surface area contributed by atoms with Crippen molar-refractivity contribution in [2.24, 2.45) is 0 Å². The van der Waals surface area contributed by atoms with Crippen molar-refractivity contribution in [1.29, 1.82) is 10.5 Å². The molecule has 12 rings (SSSR count). The minimum absolute atomic E-state index is 0.636. The average molecular weight is 757 g/mol. The van der Waals surface area contributed by atoms with Crippen molar-refractivity contribution < 1.29 is 0 Å². The SMILES string of the molecule is N#Cc1ccc(-c2cc(-c3cc4ccccc4c4ccccc34)c3ccc4c(-c5ccc(C#N)cc5)cc(-c5cc6ccccc6c6ccccc56)c5ccc2c3c45)cc1. The summed E-state index contributed by atoms with van der Waals surface area (Å²) < 4.78 is 0. The van der Waals surface area contributed by atoms with Crippen LogP contribution in [0.2, 0.25) is 0 Å². The van der Waals surface area contributed by atoms with Gasteiger partial charge in [0.25, 0.3) is 0 Å². The van der Waals surface area contributed by atoms with E-state index in [2.05, 4.69) is 182 Å². The van der Waals surface area contributed by atoms with Gasteiger partial charge in [0.2, 0.25) is 0 Å². The van der Waals surface area contributed by atoms with Crippen LogP contribution < -0.4 is 0 Å². The Hall–Kier alpha value is -8.30. The van der Waals surface area contributed by atoms with E-state index in [1.807, 2.05) is 24.3 Å². The number of rotatable bonds is 4. The van der Waals surface area contributed by atoms with Crippen LogP contribution >= 0.6 is 0 Å². The van der Waals surface area contributed by atoms with E-state index in [-0.39, 0.29) is 0 Å². The van der Waals surface area contributed by atoms with Gasteiger partial charge in [0.15, 0.2) is 0 Å². The molecule has 0 saturated carbocycles. The molecular formula is C58H32N2. The molecule has 0 N–H and O–H groups in total. The first-order valence-corrected chi connectivity index (χ1v) is 20.3. The first kappa shape index (κ1) is 33.8. The zero-order chi connectivity index (χ0) is 39.9. The van der Waals surface area contributed by atoms with Crippen molar-refractivity contribution in [3.8, 4) is 56.6 Å². The fourth-order valence-corrected chi connectivity index (χ4v) is 9.92. The van der Waals surface area contributed by atoms with Gasteiger partial charge in [0.05, 0.1) is 23.3 Å². The molecule has 12 aromatic carbocycles. The van der Waals surface area contributed by atoms with Crippen LogP contribution in [0.4, 0.5) is 0 Å². The second kappa shape index (κ2) is 13.1. The van der Waals surface area contributed by atoms with Crippen molar-refractivity contribution in [2.75, 3.05) is 0 Å². The number of fused-ring (bicyclic) bond motifs is 6. The summed E-state index contributed by atoms with van der Waals surface area (Å²) in [6, 6.07) is 74.3. The maximum absolute atomic E-state index is 9.76. The maximum atomic E-state index is 9.76. The van der Waals surface area contributed by atoms with E-state index in [1.54, 1.807) is 0 Å². The van der Waals surface area contributed by atoms with Gasteiger partial charge in [0.1, 0.15) is 0 Å². The molecule has 0 unspecified atom stereocenters. The Labute approximate surface area is 346 Å². The van der Waals surface area contributed by atoms with Crippen LogP contribution in [0.5, 0.6) is 0 Å². The summed E-state index contributed by atoms with van der Waals surface area (Å²) in [6.45, 7) is 0. The smallest absolute Gasteiger partial charge is 0.0991 e. The third-order valence-electron chi connectivity index (χ3n) is 12.7. The first-order chi connectivity index (χ1) is 29.7. The highest BCUT2D eigenvalue weighted by Crippen LogP contribution is 2.50. The van der Waals surface area contributed by atoms with Gasteiger partial charge >= 0.3 is 0 Å². The van der Waals surface area contributed by atoms with Crippen LogP contribution in [0.3, 0.4) is 0 Å². The van der Waals surface area contributed by atoms with Crippen LogP contribution in [-0.4, -0.2) is 0 Å². The molecule has 0 saturated heterocycles. The summed E-state index contributed by atoms with van der Waals surface area (Å²) in [7, 11) is 0. The molecule has 0 aliphatic carbocycles. The molecular weight excluding hydrogens is 725 g/mol. The molecule has 0 fully saturated rings. The lowest BCUT2D eigenvalue weighted by atomic mass is 9.80. The minimum Gasteiger partial charge on any atom is -0.192 e. The molecule has 0 aromatic heterocycles. The Morgan fingerprint density at radius 3 is 0.950 bits per heavy atom. The van der Waals surface area contributed by atoms with Gasteiger partial charge in [-0.15, -0.1) is 0 Å². The van der Waals surface area contributed by atoms with Gasteiger partial charge in [-0.3, -0.25) is 0 Å². The first-order valence-electron chi connectivity index (χ1n) is 20.3. The normalized spacial score (nSPS) is 11.6. The topological polar surface area (TPSA) is 47.6 Å². The molecule has 0 radical (unpaired) electrons. The zero-order valence-corrected chi connectivity index (χ0v) is 32.4. The molecule has 0 amide bonds. The van der Waals surface area contributed by atoms with Crippen LogP contribution in [-0.2, 0) is 0 Å². The van der Waals surface area contributed by atoms with E-state index < -0.39 is 0 Å². The molecule has 12 aromatic rings. The molecule has 2 heteroatoms. The lowest BCUT2D eigenvalue weighted by Crippen LogP contribution is -1.95. The predicted molar refractivity (Wildman–Crippen MR) is 251 cm³/mol. The van der Waals surface area contributed by atoms with Gasteiger partial charge in [-0.1, -0.05) is 146 Å². The van der Waals surface area contributed by atoms with Gasteiger partial charge in [-0.25, -0.2) is 0 Å². The maximum Gasteiger partial charge on any atom is 0.0991 e. The van der Waals surface area contributed by atoms with E-state index in [9.17, 15) is 10.5 Å². The van der Waals surface area contributed by atoms with E-state index >= 15 is 0 Å². The standard InChI is InChI=1S/C58H32N2/c59-33-35-17-21-37(22-18-35)51-31-55(53-29-39-9-1-3-11-41(39)43-13-5-7-15-45(43)53)49-27-25-48-52(38-23-19-36(34-60)20-24-38)32-56(50-28-26-47(51)57(49)58(48)50)54-30-40-10-2-4-12-42(40)44-14-6-8-16-46(44)54/h1-32H. The Morgan fingerprint density at radius 2 is 0.567 bits per heavy atom. The van der Waals surface area contributed by atoms with E-state index in [0.29, 0.717) is 11.1 Å². The van der Waals surface area contributed by atoms with E-state index in [1.165, 1.54) is 86.9 Å². The lowest BCUT2D eigenvalue weighted by molar-refractivity contribution is 1.48. The molecule has 2 nitrogen and oxygen atoms in total. The fraction of sp³-hybridized carbons (Fsp3) is 0. The third-order valence-corrected chi connectivity index (χ3v) is 12.7. The molecule has 0 aliphatic rings. The van der Waals surface area contributed by atoms with Crippen LogP contribution in [0, 0.1) is 22.7 Å². The Balaban J connectivity index is 1.28. The van der Waals surface area contributed by atoms with Crippen molar-refractivity contribution in [3.05, 3.63) is 205 Å². The summed E-state index contributed by atoms with van der Waals surface area (Å²) in [4.78, 5) is 0. The second-order valence-electron chi connectivity index (χ2n) is 15.8. The molecule has 0 atom stereocenters. The van der Waals surface area contributed by atoms with Crippen molar-refractivity contribution in [1.82, 2.24) is 0 Å². The predicted octanol–water partition coefficient (Wildman–Crippen LogP) is 15.6. The molecule has 0 heterocycles. The number of hydrogen-bond acceptors (Lipinski definition) is 2.